The van der Waals surface area contributed by atoms with Gasteiger partial charge in [0, 0.05) is 29.6 Å². The van der Waals surface area contributed by atoms with Gasteiger partial charge in [0.2, 0.25) is 11.8 Å². The second kappa shape index (κ2) is 15.2. The summed E-state index contributed by atoms with van der Waals surface area (Å²) < 4.78 is 42.6. The van der Waals surface area contributed by atoms with Gasteiger partial charge in [0.05, 0.1) is 10.6 Å². The van der Waals surface area contributed by atoms with Crippen molar-refractivity contribution >= 4 is 50.7 Å². The zero-order chi connectivity index (χ0) is 31.7. The lowest BCUT2D eigenvalue weighted by Gasteiger charge is -2.34. The minimum Gasteiger partial charge on any atom is -0.354 e. The Bertz CT molecular complexity index is 1670. The van der Waals surface area contributed by atoms with Gasteiger partial charge in [-0.1, -0.05) is 84.7 Å². The zero-order valence-electron chi connectivity index (χ0n) is 24.0. The van der Waals surface area contributed by atoms with Crippen LogP contribution in [0.3, 0.4) is 0 Å². The molecule has 230 valence electrons. The molecule has 0 aromatic heterocycles. The van der Waals surface area contributed by atoms with Crippen molar-refractivity contribution in [1.29, 1.82) is 0 Å². The number of carbonyl (C=O) groups is 2. The van der Waals surface area contributed by atoms with E-state index in [0.717, 1.165) is 22.0 Å². The maximum absolute atomic E-state index is 14.4. The van der Waals surface area contributed by atoms with Gasteiger partial charge in [0.25, 0.3) is 10.0 Å². The van der Waals surface area contributed by atoms with E-state index in [1.54, 1.807) is 30.3 Å². The second-order valence-electron chi connectivity index (χ2n) is 10.1. The summed E-state index contributed by atoms with van der Waals surface area (Å²) in [4.78, 5) is 29.3. The standard InChI is InChI=1S/C33H32Cl2FN3O4S/c1-2-19-37-33(41)31(20-24-9-5-3-6-10-24)38(22-25-13-14-26(34)21-30(25)35)32(40)23-39(28-17-15-27(36)16-18-28)44(42,43)29-11-7-4-8-12-29/h3-18,21,31H,2,19-20,22-23H2,1H3,(H,37,41). The van der Waals surface area contributed by atoms with E-state index in [4.69, 9.17) is 23.2 Å². The molecule has 4 rings (SSSR count). The van der Waals surface area contributed by atoms with Crippen LogP contribution in [0.15, 0.2) is 108 Å². The molecule has 0 saturated heterocycles. The number of benzene rings is 4. The molecule has 0 heterocycles. The molecule has 0 aliphatic rings. The van der Waals surface area contributed by atoms with Gasteiger partial charge in [0.15, 0.2) is 0 Å². The fourth-order valence-corrected chi connectivity index (χ4v) is 6.51. The highest BCUT2D eigenvalue weighted by atomic mass is 35.5. The summed E-state index contributed by atoms with van der Waals surface area (Å²) in [6.45, 7) is 1.53. The van der Waals surface area contributed by atoms with Crippen LogP contribution in [-0.2, 0) is 32.6 Å². The lowest BCUT2D eigenvalue weighted by atomic mass is 10.0. The zero-order valence-corrected chi connectivity index (χ0v) is 26.3. The number of hydrogen-bond acceptors (Lipinski definition) is 4. The number of anilines is 1. The fraction of sp³-hybridized carbons (Fsp3) is 0.212. The quantitative estimate of drug-likeness (QED) is 0.178. The highest BCUT2D eigenvalue weighted by Crippen LogP contribution is 2.27. The Hall–Kier alpha value is -3.92. The Morgan fingerprint density at radius 1 is 0.886 bits per heavy atom. The monoisotopic (exact) mass is 655 g/mol. The van der Waals surface area contributed by atoms with E-state index in [2.05, 4.69) is 5.32 Å². The minimum absolute atomic E-state index is 0.0501. The molecule has 0 spiro atoms. The first-order chi connectivity index (χ1) is 21.1. The van der Waals surface area contributed by atoms with Crippen molar-refractivity contribution in [2.45, 2.75) is 37.2 Å². The van der Waals surface area contributed by atoms with Crippen molar-refractivity contribution in [2.75, 3.05) is 17.4 Å². The number of nitrogens with one attached hydrogen (secondary N) is 1. The van der Waals surface area contributed by atoms with Crippen molar-refractivity contribution in [3.05, 3.63) is 130 Å². The Morgan fingerprint density at radius 3 is 2.14 bits per heavy atom. The van der Waals surface area contributed by atoms with Crippen molar-refractivity contribution in [3.63, 3.8) is 0 Å². The summed E-state index contributed by atoms with van der Waals surface area (Å²) in [6.07, 6.45) is 0.837. The van der Waals surface area contributed by atoms with Gasteiger partial charge >= 0.3 is 0 Å². The summed E-state index contributed by atoms with van der Waals surface area (Å²) in [5, 5.41) is 3.57. The summed E-state index contributed by atoms with van der Waals surface area (Å²) >= 11 is 12.6. The van der Waals surface area contributed by atoms with E-state index in [9.17, 15) is 22.4 Å². The smallest absolute Gasteiger partial charge is 0.264 e. The van der Waals surface area contributed by atoms with Gasteiger partial charge < -0.3 is 10.2 Å². The lowest BCUT2D eigenvalue weighted by molar-refractivity contribution is -0.140. The molecule has 0 radical (unpaired) electrons. The van der Waals surface area contributed by atoms with Gasteiger partial charge in [0.1, 0.15) is 18.4 Å². The highest BCUT2D eigenvalue weighted by molar-refractivity contribution is 7.92. The molecule has 4 aromatic carbocycles. The normalized spacial score (nSPS) is 11.9. The van der Waals surface area contributed by atoms with Crippen LogP contribution in [0.1, 0.15) is 24.5 Å². The molecule has 0 saturated carbocycles. The van der Waals surface area contributed by atoms with E-state index in [1.165, 1.54) is 35.2 Å². The molecular formula is C33H32Cl2FN3O4S. The van der Waals surface area contributed by atoms with Crippen LogP contribution < -0.4 is 9.62 Å². The number of rotatable bonds is 13. The first-order valence-corrected chi connectivity index (χ1v) is 16.2. The number of nitrogens with zero attached hydrogens (tertiary/aromatic N) is 2. The van der Waals surface area contributed by atoms with Crippen molar-refractivity contribution in [3.8, 4) is 0 Å². The molecule has 4 aromatic rings. The summed E-state index contributed by atoms with van der Waals surface area (Å²) in [5.41, 5.74) is 1.41. The third-order valence-corrected chi connectivity index (χ3v) is 9.28. The predicted molar refractivity (Wildman–Crippen MR) is 172 cm³/mol. The molecule has 2 amide bonds. The molecule has 1 N–H and O–H groups in total. The molecule has 44 heavy (non-hydrogen) atoms. The van der Waals surface area contributed by atoms with Crippen LogP contribution in [-0.4, -0.2) is 44.3 Å². The number of hydrogen-bond donors (Lipinski definition) is 1. The minimum atomic E-state index is -4.28. The summed E-state index contributed by atoms with van der Waals surface area (Å²) in [5.74, 6) is -1.62. The molecule has 0 aliphatic heterocycles. The topological polar surface area (TPSA) is 86.8 Å². The van der Waals surface area contributed by atoms with Gasteiger partial charge in [-0.05, 0) is 66.1 Å². The molecule has 0 fully saturated rings. The third kappa shape index (κ3) is 8.37. The van der Waals surface area contributed by atoms with Crippen molar-refractivity contribution < 1.29 is 22.4 Å². The van der Waals surface area contributed by atoms with Crippen LogP contribution in [0.2, 0.25) is 10.0 Å². The van der Waals surface area contributed by atoms with E-state index < -0.39 is 40.2 Å². The maximum atomic E-state index is 14.4. The largest absolute Gasteiger partial charge is 0.354 e. The van der Waals surface area contributed by atoms with Gasteiger partial charge in [-0.15, -0.1) is 0 Å². The van der Waals surface area contributed by atoms with Crippen molar-refractivity contribution in [2.24, 2.45) is 0 Å². The maximum Gasteiger partial charge on any atom is 0.264 e. The van der Waals surface area contributed by atoms with Gasteiger partial charge in [-0.25, -0.2) is 12.8 Å². The van der Waals surface area contributed by atoms with Gasteiger partial charge in [-0.3, -0.25) is 13.9 Å². The van der Waals surface area contributed by atoms with Crippen LogP contribution in [0.4, 0.5) is 10.1 Å². The van der Waals surface area contributed by atoms with Crippen LogP contribution >= 0.6 is 23.2 Å². The van der Waals surface area contributed by atoms with Crippen LogP contribution in [0, 0.1) is 5.82 Å². The average molecular weight is 657 g/mol. The lowest BCUT2D eigenvalue weighted by Crippen LogP contribution is -2.53. The van der Waals surface area contributed by atoms with Crippen molar-refractivity contribution in [1.82, 2.24) is 10.2 Å². The highest BCUT2D eigenvalue weighted by Gasteiger charge is 2.34. The number of sulfonamides is 1. The Kier molecular flexibility index (Phi) is 11.4. The molecular weight excluding hydrogens is 624 g/mol. The Labute approximate surface area is 267 Å². The molecule has 1 atom stereocenters. The first kappa shape index (κ1) is 33.0. The Balaban J connectivity index is 1.80. The molecule has 0 aliphatic carbocycles. The van der Waals surface area contributed by atoms with E-state index in [-0.39, 0.29) is 28.6 Å². The average Bonchev–Trinajstić information content (AvgIpc) is 3.02. The van der Waals surface area contributed by atoms with E-state index >= 15 is 0 Å². The van der Waals surface area contributed by atoms with E-state index in [1.807, 2.05) is 37.3 Å². The molecule has 1 unspecified atom stereocenters. The van der Waals surface area contributed by atoms with Gasteiger partial charge in [-0.2, -0.15) is 0 Å². The number of carbonyl (C=O) groups excluding carboxylic acids is 2. The predicted octanol–water partition coefficient (Wildman–Crippen LogP) is 6.49. The first-order valence-electron chi connectivity index (χ1n) is 14.0. The second-order valence-corrected chi connectivity index (χ2v) is 12.8. The van der Waals surface area contributed by atoms with Crippen LogP contribution in [0.5, 0.6) is 0 Å². The number of amides is 2. The summed E-state index contributed by atoms with van der Waals surface area (Å²) in [7, 11) is -4.28. The molecule has 7 nitrogen and oxygen atoms in total. The molecule has 11 heteroatoms. The summed E-state index contributed by atoms with van der Waals surface area (Å²) in [6, 6.07) is 25.5. The number of halogens is 3. The van der Waals surface area contributed by atoms with Crippen LogP contribution in [0.25, 0.3) is 0 Å². The van der Waals surface area contributed by atoms with E-state index in [0.29, 0.717) is 23.6 Å². The Morgan fingerprint density at radius 2 is 1.52 bits per heavy atom. The molecule has 0 bridgehead atoms. The fourth-order valence-electron chi connectivity index (χ4n) is 4.61. The SMILES string of the molecule is CCCNC(=O)C(Cc1ccccc1)N(Cc1ccc(Cl)cc1Cl)C(=O)CN(c1ccc(F)cc1)S(=O)(=O)c1ccccc1. The third-order valence-electron chi connectivity index (χ3n) is 6.90.